The Labute approximate surface area is 152 Å². The van der Waals surface area contributed by atoms with Crippen molar-refractivity contribution in [1.29, 1.82) is 0 Å². The van der Waals surface area contributed by atoms with Gasteiger partial charge in [-0.1, -0.05) is 29.8 Å². The topological polar surface area (TPSA) is 71.1 Å². The molecule has 1 heterocycles. The molecule has 7 heteroatoms. The van der Waals surface area contributed by atoms with Crippen molar-refractivity contribution in [3.05, 3.63) is 77.7 Å². The summed E-state index contributed by atoms with van der Waals surface area (Å²) in [6, 6.07) is 14.5. The first-order chi connectivity index (χ1) is 12.3. The second-order valence-electron chi connectivity index (χ2n) is 5.91. The Morgan fingerprint density at radius 2 is 1.77 bits per heavy atom. The lowest BCUT2D eigenvalue weighted by Crippen LogP contribution is -2.15. The highest BCUT2D eigenvalue weighted by atomic mass is 32.2. The number of aryl methyl sites for hydroxylation is 2. The van der Waals surface area contributed by atoms with E-state index in [9.17, 15) is 12.8 Å². The highest BCUT2D eigenvalue weighted by molar-refractivity contribution is 7.92. The van der Waals surface area contributed by atoms with E-state index in [0.717, 1.165) is 5.56 Å². The predicted octanol–water partition coefficient (Wildman–Crippen LogP) is 4.38. The van der Waals surface area contributed by atoms with E-state index in [-0.39, 0.29) is 16.5 Å². The summed E-state index contributed by atoms with van der Waals surface area (Å²) in [5.74, 6) is -0.198. The number of nitrogens with one attached hydrogen (secondary N) is 2. The zero-order chi connectivity index (χ0) is 18.7. The van der Waals surface area contributed by atoms with E-state index in [2.05, 4.69) is 15.0 Å². The number of para-hydroxylation sites is 1. The Kier molecular flexibility index (Phi) is 4.90. The van der Waals surface area contributed by atoms with Gasteiger partial charge in [-0.15, -0.1) is 0 Å². The number of benzene rings is 2. The summed E-state index contributed by atoms with van der Waals surface area (Å²) >= 11 is 0. The summed E-state index contributed by atoms with van der Waals surface area (Å²) in [5, 5.41) is 2.89. The lowest BCUT2D eigenvalue weighted by molar-refractivity contribution is 0.600. The van der Waals surface area contributed by atoms with Crippen LogP contribution in [0.3, 0.4) is 0 Å². The molecule has 2 N–H and O–H groups in total. The molecule has 134 valence electrons. The van der Waals surface area contributed by atoms with Gasteiger partial charge in [0.05, 0.1) is 22.5 Å². The third kappa shape index (κ3) is 4.00. The van der Waals surface area contributed by atoms with E-state index >= 15 is 0 Å². The Bertz CT molecular complexity index is 1030. The molecule has 3 rings (SSSR count). The van der Waals surface area contributed by atoms with E-state index in [1.54, 1.807) is 43.3 Å². The Morgan fingerprint density at radius 1 is 1.00 bits per heavy atom. The number of sulfonamides is 1. The molecule has 0 aliphatic rings. The molecule has 3 aromatic rings. The summed E-state index contributed by atoms with van der Waals surface area (Å²) in [6.07, 6.45) is 1.44. The van der Waals surface area contributed by atoms with E-state index < -0.39 is 10.0 Å². The molecule has 0 radical (unpaired) electrons. The molecule has 5 nitrogen and oxygen atoms in total. The number of aromatic nitrogens is 1. The van der Waals surface area contributed by atoms with Crippen molar-refractivity contribution in [1.82, 2.24) is 4.98 Å². The van der Waals surface area contributed by atoms with Crippen LogP contribution in [0.25, 0.3) is 0 Å². The highest BCUT2D eigenvalue weighted by Crippen LogP contribution is 2.22. The van der Waals surface area contributed by atoms with Crippen molar-refractivity contribution >= 4 is 27.2 Å². The van der Waals surface area contributed by atoms with Gasteiger partial charge in [-0.25, -0.2) is 17.8 Å². The van der Waals surface area contributed by atoms with Crippen LogP contribution in [0.4, 0.5) is 21.6 Å². The van der Waals surface area contributed by atoms with Crippen LogP contribution in [0, 0.1) is 19.7 Å². The second-order valence-corrected chi connectivity index (χ2v) is 7.56. The van der Waals surface area contributed by atoms with Gasteiger partial charge in [-0.2, -0.15) is 0 Å². The lowest BCUT2D eigenvalue weighted by Gasteiger charge is -2.11. The number of nitrogens with zero attached hydrogens (tertiary/aromatic N) is 1. The monoisotopic (exact) mass is 371 g/mol. The van der Waals surface area contributed by atoms with Crippen LogP contribution in [0.1, 0.15) is 11.1 Å². The minimum absolute atomic E-state index is 0.184. The molecule has 0 aliphatic heterocycles. The van der Waals surface area contributed by atoms with E-state index in [4.69, 9.17) is 0 Å². The number of pyridine rings is 1. The van der Waals surface area contributed by atoms with Crippen LogP contribution in [-0.2, 0) is 10.0 Å². The van der Waals surface area contributed by atoms with Crippen molar-refractivity contribution in [2.75, 3.05) is 10.0 Å². The number of hydrogen-bond acceptors (Lipinski definition) is 4. The minimum atomic E-state index is -3.73. The summed E-state index contributed by atoms with van der Waals surface area (Å²) in [7, 11) is -3.73. The molecule has 0 fully saturated rings. The van der Waals surface area contributed by atoms with Gasteiger partial charge in [0.25, 0.3) is 10.0 Å². The molecule has 26 heavy (non-hydrogen) atoms. The average Bonchev–Trinajstić information content (AvgIpc) is 2.58. The molecule has 0 saturated heterocycles. The highest BCUT2D eigenvalue weighted by Gasteiger charge is 2.17. The van der Waals surface area contributed by atoms with Crippen LogP contribution in [0.15, 0.2) is 65.7 Å². The average molecular weight is 371 g/mol. The normalized spacial score (nSPS) is 11.2. The number of anilines is 3. The van der Waals surface area contributed by atoms with E-state index in [1.807, 2.05) is 13.0 Å². The maximum Gasteiger partial charge on any atom is 0.263 e. The quantitative estimate of drug-likeness (QED) is 0.698. The number of rotatable bonds is 5. The van der Waals surface area contributed by atoms with E-state index in [1.165, 1.54) is 18.3 Å². The molecule has 0 spiro atoms. The summed E-state index contributed by atoms with van der Waals surface area (Å²) < 4.78 is 41.2. The van der Waals surface area contributed by atoms with Crippen molar-refractivity contribution in [3.8, 4) is 0 Å². The molecule has 0 unspecified atom stereocenters. The molecular weight excluding hydrogens is 353 g/mol. The zero-order valence-electron chi connectivity index (χ0n) is 14.3. The Morgan fingerprint density at radius 3 is 2.42 bits per heavy atom. The third-order valence-corrected chi connectivity index (χ3v) is 5.29. The van der Waals surface area contributed by atoms with E-state index in [0.29, 0.717) is 16.9 Å². The second kappa shape index (κ2) is 7.13. The standard InChI is InChI=1S/C19H18FN3O2S/c1-13-7-9-18(14(2)11-13)26(24,25)23-19-10-8-15(12-21-19)22-17-6-4-3-5-16(17)20/h3-12,22H,1-2H3,(H,21,23). The largest absolute Gasteiger partial charge is 0.352 e. The minimum Gasteiger partial charge on any atom is -0.352 e. The number of hydrogen-bond donors (Lipinski definition) is 2. The molecule has 0 atom stereocenters. The third-order valence-electron chi connectivity index (χ3n) is 3.78. The zero-order valence-corrected chi connectivity index (χ0v) is 15.1. The first kappa shape index (κ1) is 17.9. The van der Waals surface area contributed by atoms with Crippen molar-refractivity contribution in [2.24, 2.45) is 0 Å². The summed E-state index contributed by atoms with van der Waals surface area (Å²) in [6.45, 7) is 3.65. The van der Waals surface area contributed by atoms with Crippen LogP contribution in [-0.4, -0.2) is 13.4 Å². The van der Waals surface area contributed by atoms with Crippen LogP contribution >= 0.6 is 0 Å². The maximum absolute atomic E-state index is 13.7. The van der Waals surface area contributed by atoms with Crippen LogP contribution in [0.5, 0.6) is 0 Å². The molecule has 0 bridgehead atoms. The summed E-state index contributed by atoms with van der Waals surface area (Å²) in [4.78, 5) is 4.29. The predicted molar refractivity (Wildman–Crippen MR) is 101 cm³/mol. The fourth-order valence-corrected chi connectivity index (χ4v) is 3.78. The first-order valence-electron chi connectivity index (χ1n) is 7.93. The van der Waals surface area contributed by atoms with Crippen molar-refractivity contribution in [2.45, 2.75) is 18.7 Å². The van der Waals surface area contributed by atoms with Gasteiger partial charge in [0.2, 0.25) is 0 Å². The van der Waals surface area contributed by atoms with Crippen molar-refractivity contribution in [3.63, 3.8) is 0 Å². The lowest BCUT2D eigenvalue weighted by atomic mass is 10.2. The fourth-order valence-electron chi connectivity index (χ4n) is 2.54. The Hall–Kier alpha value is -2.93. The van der Waals surface area contributed by atoms with Gasteiger partial charge in [0.15, 0.2) is 0 Å². The smallest absolute Gasteiger partial charge is 0.263 e. The maximum atomic E-state index is 13.7. The molecular formula is C19H18FN3O2S. The van der Waals surface area contributed by atoms with Gasteiger partial charge in [-0.05, 0) is 49.7 Å². The molecule has 2 aromatic carbocycles. The van der Waals surface area contributed by atoms with Gasteiger partial charge >= 0.3 is 0 Å². The van der Waals surface area contributed by atoms with Crippen LogP contribution < -0.4 is 10.0 Å². The fraction of sp³-hybridized carbons (Fsp3) is 0.105. The molecule has 0 amide bonds. The Balaban J connectivity index is 1.77. The number of halogens is 1. The van der Waals surface area contributed by atoms with Gasteiger partial charge in [-0.3, -0.25) is 4.72 Å². The molecule has 0 saturated carbocycles. The summed E-state index contributed by atoms with van der Waals surface area (Å²) in [5.41, 5.74) is 2.51. The van der Waals surface area contributed by atoms with Crippen LogP contribution in [0.2, 0.25) is 0 Å². The van der Waals surface area contributed by atoms with Gasteiger partial charge < -0.3 is 5.32 Å². The molecule has 1 aromatic heterocycles. The first-order valence-corrected chi connectivity index (χ1v) is 9.41. The van der Waals surface area contributed by atoms with Gasteiger partial charge in [0, 0.05) is 0 Å². The van der Waals surface area contributed by atoms with Gasteiger partial charge in [0.1, 0.15) is 11.6 Å². The SMILES string of the molecule is Cc1ccc(S(=O)(=O)Nc2ccc(Nc3ccccc3F)cn2)c(C)c1. The van der Waals surface area contributed by atoms with Crippen molar-refractivity contribution < 1.29 is 12.8 Å². The molecule has 0 aliphatic carbocycles.